The minimum atomic E-state index is -0.475. The third-order valence-electron chi connectivity index (χ3n) is 2.73. The summed E-state index contributed by atoms with van der Waals surface area (Å²) in [5, 5.41) is 0.450. The van der Waals surface area contributed by atoms with Crippen molar-refractivity contribution in [3.63, 3.8) is 0 Å². The summed E-state index contributed by atoms with van der Waals surface area (Å²) in [4.78, 5) is 0. The maximum atomic E-state index is 13.7. The molecule has 1 nitrogen and oxygen atoms in total. The molecule has 90 valence electrons. The van der Waals surface area contributed by atoms with Gasteiger partial charge in [0.2, 0.25) is 0 Å². The highest BCUT2D eigenvalue weighted by Crippen LogP contribution is 2.39. The molecule has 1 aromatic carbocycles. The molecule has 0 radical (unpaired) electrons. The highest BCUT2D eigenvalue weighted by Gasteiger charge is 2.27. The van der Waals surface area contributed by atoms with E-state index in [2.05, 4.69) is 0 Å². The minimum Gasteiger partial charge on any atom is -0.324 e. The van der Waals surface area contributed by atoms with Gasteiger partial charge in [-0.15, -0.1) is 12.4 Å². The zero-order chi connectivity index (χ0) is 11.0. The van der Waals surface area contributed by atoms with Gasteiger partial charge in [-0.3, -0.25) is 0 Å². The second-order valence-electron chi connectivity index (χ2n) is 4.04. The number of rotatable bonds is 3. The van der Waals surface area contributed by atoms with Gasteiger partial charge in [-0.25, -0.2) is 4.39 Å². The lowest BCUT2D eigenvalue weighted by molar-refractivity contribution is 0.543. The van der Waals surface area contributed by atoms with E-state index in [9.17, 15) is 4.39 Å². The molecule has 5 heteroatoms. The Balaban J connectivity index is 0.00000128. The largest absolute Gasteiger partial charge is 0.324 e. The van der Waals surface area contributed by atoms with Gasteiger partial charge < -0.3 is 5.73 Å². The van der Waals surface area contributed by atoms with Crippen LogP contribution in [0.1, 0.15) is 30.9 Å². The summed E-state index contributed by atoms with van der Waals surface area (Å²) in [6.07, 6.45) is 3.16. The molecule has 1 aliphatic rings. The van der Waals surface area contributed by atoms with Crippen LogP contribution in [0.25, 0.3) is 0 Å². The maximum Gasteiger partial charge on any atom is 0.148 e. The molecule has 0 bridgehead atoms. The summed E-state index contributed by atoms with van der Waals surface area (Å²) in [6.45, 7) is 0. The molecule has 1 aromatic rings. The Morgan fingerprint density at radius 3 is 2.44 bits per heavy atom. The third-order valence-corrected chi connectivity index (χ3v) is 3.36. The van der Waals surface area contributed by atoms with Gasteiger partial charge in [0.05, 0.1) is 5.02 Å². The van der Waals surface area contributed by atoms with Crippen LogP contribution in [0.4, 0.5) is 4.39 Å². The van der Waals surface area contributed by atoms with Gasteiger partial charge in [-0.1, -0.05) is 36.0 Å². The van der Waals surface area contributed by atoms with Crippen LogP contribution in [-0.4, -0.2) is 0 Å². The number of halogens is 4. The Kier molecular flexibility index (Phi) is 4.87. The van der Waals surface area contributed by atoms with Crippen LogP contribution in [0.3, 0.4) is 0 Å². The van der Waals surface area contributed by atoms with Crippen LogP contribution >= 0.6 is 35.6 Å². The van der Waals surface area contributed by atoms with E-state index >= 15 is 0 Å². The first kappa shape index (κ1) is 14.0. The fourth-order valence-corrected chi connectivity index (χ4v) is 2.16. The van der Waals surface area contributed by atoms with Crippen molar-refractivity contribution in [1.29, 1.82) is 0 Å². The number of hydrogen-bond donors (Lipinski definition) is 1. The molecule has 0 spiro atoms. The quantitative estimate of drug-likeness (QED) is 0.820. The van der Waals surface area contributed by atoms with Crippen molar-refractivity contribution in [3.8, 4) is 0 Å². The van der Waals surface area contributed by atoms with Crippen molar-refractivity contribution >= 4 is 35.6 Å². The van der Waals surface area contributed by atoms with Crippen LogP contribution in [0.2, 0.25) is 10.0 Å². The number of hydrogen-bond acceptors (Lipinski definition) is 1. The predicted octanol–water partition coefficient (Wildman–Crippen LogP) is 4.35. The molecule has 0 aliphatic heterocycles. The molecule has 1 fully saturated rings. The molecule has 0 amide bonds. The molecular formula is C11H13Cl3FN. The maximum absolute atomic E-state index is 13.7. The molecule has 1 saturated carbocycles. The van der Waals surface area contributed by atoms with Crippen molar-refractivity contribution in [3.05, 3.63) is 33.6 Å². The van der Waals surface area contributed by atoms with Gasteiger partial charge in [0.25, 0.3) is 0 Å². The van der Waals surface area contributed by atoms with Gasteiger partial charge in [-0.05, 0) is 24.5 Å². The van der Waals surface area contributed by atoms with Crippen LogP contribution in [0, 0.1) is 11.7 Å². The van der Waals surface area contributed by atoms with Crippen LogP contribution < -0.4 is 5.73 Å². The molecule has 2 rings (SSSR count). The van der Waals surface area contributed by atoms with E-state index in [-0.39, 0.29) is 23.5 Å². The second-order valence-corrected chi connectivity index (χ2v) is 4.86. The van der Waals surface area contributed by atoms with Crippen molar-refractivity contribution in [1.82, 2.24) is 0 Å². The van der Waals surface area contributed by atoms with E-state index in [0.29, 0.717) is 16.5 Å². The fourth-order valence-electron chi connectivity index (χ4n) is 1.71. The Labute approximate surface area is 111 Å². The van der Waals surface area contributed by atoms with E-state index in [4.69, 9.17) is 28.9 Å². The predicted molar refractivity (Wildman–Crippen MR) is 67.9 cm³/mol. The zero-order valence-corrected chi connectivity index (χ0v) is 10.9. The summed E-state index contributed by atoms with van der Waals surface area (Å²) >= 11 is 11.6. The topological polar surface area (TPSA) is 26.0 Å². The summed E-state index contributed by atoms with van der Waals surface area (Å²) < 4.78 is 13.7. The number of nitrogens with two attached hydrogens (primary N) is 1. The van der Waals surface area contributed by atoms with Gasteiger partial charge >= 0.3 is 0 Å². The van der Waals surface area contributed by atoms with Crippen LogP contribution in [0.15, 0.2) is 12.1 Å². The first-order valence-corrected chi connectivity index (χ1v) is 5.74. The van der Waals surface area contributed by atoms with E-state index in [1.165, 1.54) is 18.9 Å². The Hall–Kier alpha value is -0.0200. The molecule has 16 heavy (non-hydrogen) atoms. The Bertz CT molecular complexity index is 380. The molecule has 2 N–H and O–H groups in total. The van der Waals surface area contributed by atoms with Gasteiger partial charge in [0, 0.05) is 16.6 Å². The van der Waals surface area contributed by atoms with Gasteiger partial charge in [0.15, 0.2) is 0 Å². The normalized spacial score (nSPS) is 16.8. The zero-order valence-electron chi connectivity index (χ0n) is 8.55. The lowest BCUT2D eigenvalue weighted by Gasteiger charge is -2.14. The molecule has 0 unspecified atom stereocenters. The monoisotopic (exact) mass is 283 g/mol. The highest BCUT2D eigenvalue weighted by atomic mass is 35.5. The van der Waals surface area contributed by atoms with Crippen LogP contribution in [-0.2, 0) is 0 Å². The van der Waals surface area contributed by atoms with E-state index in [1.54, 1.807) is 6.07 Å². The van der Waals surface area contributed by atoms with Gasteiger partial charge in [0.1, 0.15) is 5.82 Å². The molecule has 1 aliphatic carbocycles. The average Bonchev–Trinajstić information content (AvgIpc) is 2.96. The summed E-state index contributed by atoms with van der Waals surface area (Å²) in [6, 6.07) is 2.70. The minimum absolute atomic E-state index is 0. The van der Waals surface area contributed by atoms with E-state index in [0.717, 1.165) is 6.42 Å². The molecule has 0 aromatic heterocycles. The standard InChI is InChI=1S/C11H12Cl2FN.ClH/c12-7-3-4-8(13)11(14)10(7)9(15)5-6-1-2-6;/h3-4,6,9H,1-2,5,15H2;1H/t9-;/m1./s1. The molecule has 0 saturated heterocycles. The first-order valence-electron chi connectivity index (χ1n) is 4.98. The average molecular weight is 285 g/mol. The third kappa shape index (κ3) is 3.01. The van der Waals surface area contributed by atoms with E-state index < -0.39 is 5.82 Å². The molecule has 1 atom stereocenters. The summed E-state index contributed by atoms with van der Waals surface area (Å²) in [5.74, 6) is 0.159. The van der Waals surface area contributed by atoms with Gasteiger partial charge in [-0.2, -0.15) is 0 Å². The smallest absolute Gasteiger partial charge is 0.148 e. The molecule has 0 heterocycles. The van der Waals surface area contributed by atoms with Crippen molar-refractivity contribution in [2.75, 3.05) is 0 Å². The van der Waals surface area contributed by atoms with Crippen molar-refractivity contribution in [2.24, 2.45) is 11.7 Å². The molecular weight excluding hydrogens is 271 g/mol. The SMILES string of the molecule is Cl.N[C@H](CC1CC1)c1c(Cl)ccc(Cl)c1F. The number of benzene rings is 1. The van der Waals surface area contributed by atoms with Crippen molar-refractivity contribution in [2.45, 2.75) is 25.3 Å². The highest BCUT2D eigenvalue weighted by molar-refractivity contribution is 6.33. The van der Waals surface area contributed by atoms with E-state index in [1.807, 2.05) is 0 Å². The first-order chi connectivity index (χ1) is 7.09. The van der Waals surface area contributed by atoms with Crippen LogP contribution in [0.5, 0.6) is 0 Å². The fraction of sp³-hybridized carbons (Fsp3) is 0.455. The van der Waals surface area contributed by atoms with Crippen molar-refractivity contribution < 1.29 is 4.39 Å². The lowest BCUT2D eigenvalue weighted by Crippen LogP contribution is -2.13. The lowest BCUT2D eigenvalue weighted by atomic mass is 10.0. The Morgan fingerprint density at radius 1 is 1.31 bits per heavy atom. The Morgan fingerprint density at radius 2 is 1.88 bits per heavy atom. The summed E-state index contributed by atoms with van der Waals surface area (Å²) in [5.41, 5.74) is 6.28. The second kappa shape index (κ2) is 5.54. The summed E-state index contributed by atoms with van der Waals surface area (Å²) in [7, 11) is 0.